The minimum Gasteiger partial charge on any atom is -0.339 e. The summed E-state index contributed by atoms with van der Waals surface area (Å²) in [6.45, 7) is 2.42. The van der Waals surface area contributed by atoms with Crippen LogP contribution >= 0.6 is 31.9 Å². The molecule has 1 aliphatic rings. The summed E-state index contributed by atoms with van der Waals surface area (Å²) in [6.07, 6.45) is 3.20. The number of hydrogen-bond acceptors (Lipinski definition) is 2. The van der Waals surface area contributed by atoms with E-state index in [0.29, 0.717) is 5.92 Å². The van der Waals surface area contributed by atoms with Gasteiger partial charge in [0.05, 0.1) is 5.56 Å². The van der Waals surface area contributed by atoms with Crippen LogP contribution < -0.4 is 5.73 Å². The van der Waals surface area contributed by atoms with Gasteiger partial charge in [-0.2, -0.15) is 0 Å². The van der Waals surface area contributed by atoms with E-state index in [0.717, 1.165) is 53.4 Å². The summed E-state index contributed by atoms with van der Waals surface area (Å²) in [5.41, 5.74) is 6.32. The molecule has 1 saturated heterocycles. The van der Waals surface area contributed by atoms with Crippen LogP contribution in [0.4, 0.5) is 0 Å². The van der Waals surface area contributed by atoms with Gasteiger partial charge in [-0.25, -0.2) is 0 Å². The Balaban J connectivity index is 2.03. The summed E-state index contributed by atoms with van der Waals surface area (Å²) in [4.78, 5) is 14.4. The third kappa shape index (κ3) is 3.80. The van der Waals surface area contributed by atoms with Gasteiger partial charge in [0, 0.05) is 22.0 Å². The molecule has 1 aliphatic heterocycles. The van der Waals surface area contributed by atoms with E-state index < -0.39 is 0 Å². The summed E-state index contributed by atoms with van der Waals surface area (Å²) in [5.74, 6) is 0.791. The van der Waals surface area contributed by atoms with Crippen molar-refractivity contribution in [3.05, 3.63) is 32.7 Å². The highest BCUT2D eigenvalue weighted by atomic mass is 79.9. The van der Waals surface area contributed by atoms with Crippen molar-refractivity contribution in [1.29, 1.82) is 0 Å². The van der Waals surface area contributed by atoms with Crippen LogP contribution in [0.25, 0.3) is 0 Å². The van der Waals surface area contributed by atoms with E-state index in [1.54, 1.807) is 0 Å². The van der Waals surface area contributed by atoms with Crippen molar-refractivity contribution in [2.75, 3.05) is 19.6 Å². The second kappa shape index (κ2) is 6.86. The molecular formula is C14H18Br2N2O. The highest BCUT2D eigenvalue weighted by Gasteiger charge is 2.24. The molecule has 0 aromatic heterocycles. The standard InChI is InChI=1S/C14H18Br2N2O/c15-11-1-2-13(16)12(9-11)14(19)18-7-4-10(3-6-17)5-8-18/h1-2,9-10H,3-8,17H2. The molecule has 0 bridgehead atoms. The first kappa shape index (κ1) is 15.0. The second-order valence-electron chi connectivity index (χ2n) is 4.94. The van der Waals surface area contributed by atoms with Gasteiger partial charge in [0.25, 0.3) is 5.91 Å². The molecule has 104 valence electrons. The Morgan fingerprint density at radius 1 is 1.32 bits per heavy atom. The van der Waals surface area contributed by atoms with Crippen LogP contribution in [0.3, 0.4) is 0 Å². The van der Waals surface area contributed by atoms with Gasteiger partial charge < -0.3 is 10.6 Å². The number of benzene rings is 1. The first-order chi connectivity index (χ1) is 9.11. The van der Waals surface area contributed by atoms with Crippen molar-refractivity contribution in [3.63, 3.8) is 0 Å². The van der Waals surface area contributed by atoms with Gasteiger partial charge in [-0.05, 0) is 65.9 Å². The molecule has 1 aromatic rings. The minimum atomic E-state index is 0.111. The number of piperidine rings is 1. The zero-order valence-electron chi connectivity index (χ0n) is 10.7. The molecule has 0 spiro atoms. The van der Waals surface area contributed by atoms with E-state index >= 15 is 0 Å². The number of halogens is 2. The zero-order valence-corrected chi connectivity index (χ0v) is 13.9. The van der Waals surface area contributed by atoms with E-state index in [1.165, 1.54) is 0 Å². The Morgan fingerprint density at radius 3 is 2.63 bits per heavy atom. The van der Waals surface area contributed by atoms with Crippen molar-refractivity contribution in [2.45, 2.75) is 19.3 Å². The number of carbonyl (C=O) groups excluding carboxylic acids is 1. The van der Waals surface area contributed by atoms with Crippen LogP contribution in [0.15, 0.2) is 27.1 Å². The maximum atomic E-state index is 12.5. The molecule has 2 N–H and O–H groups in total. The Morgan fingerprint density at radius 2 is 2.00 bits per heavy atom. The Kier molecular flexibility index (Phi) is 5.42. The van der Waals surface area contributed by atoms with Gasteiger partial charge in [0.1, 0.15) is 0 Å². The zero-order chi connectivity index (χ0) is 13.8. The second-order valence-corrected chi connectivity index (χ2v) is 6.71. The summed E-state index contributed by atoms with van der Waals surface area (Å²) >= 11 is 6.86. The SMILES string of the molecule is NCCC1CCN(C(=O)c2cc(Br)ccc2Br)CC1. The van der Waals surface area contributed by atoms with Gasteiger partial charge in [-0.3, -0.25) is 4.79 Å². The van der Waals surface area contributed by atoms with Crippen LogP contribution in [-0.4, -0.2) is 30.4 Å². The molecule has 19 heavy (non-hydrogen) atoms. The molecule has 1 aromatic carbocycles. The van der Waals surface area contributed by atoms with Gasteiger partial charge in [-0.15, -0.1) is 0 Å². The first-order valence-corrected chi connectivity index (χ1v) is 8.15. The summed E-state index contributed by atoms with van der Waals surface area (Å²) in [5, 5.41) is 0. The quantitative estimate of drug-likeness (QED) is 0.860. The molecule has 1 heterocycles. The Labute approximate surface area is 130 Å². The van der Waals surface area contributed by atoms with E-state index in [-0.39, 0.29) is 5.91 Å². The van der Waals surface area contributed by atoms with E-state index in [9.17, 15) is 4.79 Å². The smallest absolute Gasteiger partial charge is 0.255 e. The predicted octanol–water partition coefficient (Wildman–Crippen LogP) is 3.41. The van der Waals surface area contributed by atoms with Crippen molar-refractivity contribution in [3.8, 4) is 0 Å². The average molecular weight is 390 g/mol. The number of carbonyl (C=O) groups is 1. The molecular weight excluding hydrogens is 372 g/mol. The topological polar surface area (TPSA) is 46.3 Å². The number of rotatable bonds is 3. The third-order valence-corrected chi connectivity index (χ3v) is 4.82. The van der Waals surface area contributed by atoms with Gasteiger partial charge in [0.15, 0.2) is 0 Å². The lowest BCUT2D eigenvalue weighted by atomic mass is 9.93. The van der Waals surface area contributed by atoms with E-state index in [4.69, 9.17) is 5.73 Å². The number of hydrogen-bond donors (Lipinski definition) is 1. The van der Waals surface area contributed by atoms with Crippen LogP contribution in [-0.2, 0) is 0 Å². The summed E-state index contributed by atoms with van der Waals surface area (Å²) < 4.78 is 1.78. The number of nitrogens with two attached hydrogens (primary N) is 1. The molecule has 2 rings (SSSR count). The fraction of sp³-hybridized carbons (Fsp3) is 0.500. The molecule has 0 radical (unpaired) electrons. The summed E-state index contributed by atoms with van der Waals surface area (Å²) in [6, 6.07) is 5.70. The molecule has 5 heteroatoms. The number of nitrogens with zero attached hydrogens (tertiary/aromatic N) is 1. The first-order valence-electron chi connectivity index (χ1n) is 6.56. The fourth-order valence-electron chi connectivity index (χ4n) is 2.49. The van der Waals surface area contributed by atoms with Crippen LogP contribution in [0, 0.1) is 5.92 Å². The fourth-order valence-corrected chi connectivity index (χ4v) is 3.27. The molecule has 0 saturated carbocycles. The normalized spacial score (nSPS) is 16.7. The minimum absolute atomic E-state index is 0.111. The van der Waals surface area contributed by atoms with Crippen molar-refractivity contribution >= 4 is 37.8 Å². The van der Waals surface area contributed by atoms with E-state index in [1.807, 2.05) is 23.1 Å². The molecule has 0 atom stereocenters. The highest BCUT2D eigenvalue weighted by Crippen LogP contribution is 2.26. The Hall–Kier alpha value is -0.390. The molecule has 3 nitrogen and oxygen atoms in total. The number of amides is 1. The lowest BCUT2D eigenvalue weighted by molar-refractivity contribution is 0.0687. The lowest BCUT2D eigenvalue weighted by Gasteiger charge is -2.32. The monoisotopic (exact) mass is 388 g/mol. The van der Waals surface area contributed by atoms with Crippen LogP contribution in [0.2, 0.25) is 0 Å². The van der Waals surface area contributed by atoms with Gasteiger partial charge >= 0.3 is 0 Å². The maximum absolute atomic E-state index is 12.5. The largest absolute Gasteiger partial charge is 0.339 e. The molecule has 0 unspecified atom stereocenters. The maximum Gasteiger partial charge on any atom is 0.255 e. The molecule has 0 aliphatic carbocycles. The van der Waals surface area contributed by atoms with Gasteiger partial charge in [-0.1, -0.05) is 15.9 Å². The highest BCUT2D eigenvalue weighted by molar-refractivity contribution is 9.11. The van der Waals surface area contributed by atoms with Crippen molar-refractivity contribution in [1.82, 2.24) is 4.90 Å². The number of likely N-dealkylation sites (tertiary alicyclic amines) is 1. The molecule has 1 fully saturated rings. The van der Waals surface area contributed by atoms with Gasteiger partial charge in [0.2, 0.25) is 0 Å². The van der Waals surface area contributed by atoms with Crippen LogP contribution in [0.5, 0.6) is 0 Å². The Bertz CT molecular complexity index is 457. The van der Waals surface area contributed by atoms with E-state index in [2.05, 4.69) is 31.9 Å². The molecule has 1 amide bonds. The lowest BCUT2D eigenvalue weighted by Crippen LogP contribution is -2.39. The van der Waals surface area contributed by atoms with Crippen molar-refractivity contribution < 1.29 is 4.79 Å². The van der Waals surface area contributed by atoms with Crippen molar-refractivity contribution in [2.24, 2.45) is 11.7 Å². The predicted molar refractivity (Wildman–Crippen MR) is 84.1 cm³/mol. The van der Waals surface area contributed by atoms with Crippen LogP contribution in [0.1, 0.15) is 29.6 Å². The average Bonchev–Trinajstić information content (AvgIpc) is 2.42. The summed E-state index contributed by atoms with van der Waals surface area (Å²) in [7, 11) is 0. The third-order valence-electron chi connectivity index (χ3n) is 3.64.